The minimum absolute atomic E-state index is 1.12. The normalized spacial score (nSPS) is 12.0. The van der Waals surface area contributed by atoms with E-state index in [1.807, 2.05) is 22.7 Å². The van der Waals surface area contributed by atoms with Crippen LogP contribution in [0.3, 0.4) is 0 Å². The van der Waals surface area contributed by atoms with Crippen molar-refractivity contribution in [1.82, 2.24) is 4.57 Å². The highest BCUT2D eigenvalue weighted by Gasteiger charge is 2.19. The Morgan fingerprint density at radius 2 is 0.920 bits per heavy atom. The second-order valence-corrected chi connectivity index (χ2v) is 15.1. The van der Waals surface area contributed by atoms with E-state index in [2.05, 4.69) is 179 Å². The fraction of sp³-hybridized carbons (Fsp3) is 0. The number of hydrogen-bond donors (Lipinski definition) is 0. The van der Waals surface area contributed by atoms with Crippen LogP contribution in [0.15, 0.2) is 170 Å². The Labute approximate surface area is 296 Å². The molecule has 0 amide bonds. The first-order valence-electron chi connectivity index (χ1n) is 16.9. The van der Waals surface area contributed by atoms with Crippen molar-refractivity contribution < 1.29 is 0 Å². The van der Waals surface area contributed by atoms with Crippen LogP contribution in [0.1, 0.15) is 0 Å². The van der Waals surface area contributed by atoms with Crippen LogP contribution in [0, 0.1) is 0 Å². The molecule has 11 rings (SSSR count). The molecule has 2 nitrogen and oxygen atoms in total. The average Bonchev–Trinajstić information content (AvgIpc) is 3.84. The number of para-hydroxylation sites is 1. The number of hydrogen-bond acceptors (Lipinski definition) is 3. The summed E-state index contributed by atoms with van der Waals surface area (Å²) in [5.74, 6) is 0. The van der Waals surface area contributed by atoms with E-state index >= 15 is 0 Å². The minimum Gasteiger partial charge on any atom is -0.310 e. The molecule has 0 saturated heterocycles. The highest BCUT2D eigenvalue weighted by atomic mass is 32.1. The summed E-state index contributed by atoms with van der Waals surface area (Å²) in [6.45, 7) is 0. The van der Waals surface area contributed by atoms with Crippen LogP contribution < -0.4 is 4.90 Å². The van der Waals surface area contributed by atoms with Gasteiger partial charge in [-0.05, 0) is 78.2 Å². The summed E-state index contributed by atoms with van der Waals surface area (Å²) in [7, 11) is 0. The highest BCUT2D eigenvalue weighted by molar-refractivity contribution is 7.26. The quantitative estimate of drug-likeness (QED) is 0.181. The van der Waals surface area contributed by atoms with Gasteiger partial charge in [-0.3, -0.25) is 0 Å². The fourth-order valence-electron chi connectivity index (χ4n) is 7.90. The largest absolute Gasteiger partial charge is 0.310 e. The lowest BCUT2D eigenvalue weighted by atomic mass is 10.1. The van der Waals surface area contributed by atoms with E-state index in [0.717, 1.165) is 22.7 Å². The molecule has 0 radical (unpaired) electrons. The zero-order valence-corrected chi connectivity index (χ0v) is 28.5. The zero-order valence-electron chi connectivity index (χ0n) is 26.9. The molecule has 50 heavy (non-hydrogen) atoms. The highest BCUT2D eigenvalue weighted by Crippen LogP contribution is 2.44. The van der Waals surface area contributed by atoms with Crippen LogP contribution in [-0.2, 0) is 0 Å². The molecule has 0 spiro atoms. The van der Waals surface area contributed by atoms with Gasteiger partial charge in [0.25, 0.3) is 0 Å². The molecule has 0 atom stereocenters. The summed E-state index contributed by atoms with van der Waals surface area (Å²) in [4.78, 5) is 2.42. The summed E-state index contributed by atoms with van der Waals surface area (Å²) in [5, 5.41) is 10.3. The van der Waals surface area contributed by atoms with E-state index in [1.54, 1.807) is 0 Å². The van der Waals surface area contributed by atoms with Gasteiger partial charge in [0.2, 0.25) is 0 Å². The van der Waals surface area contributed by atoms with E-state index in [-0.39, 0.29) is 0 Å². The van der Waals surface area contributed by atoms with Crippen molar-refractivity contribution in [3.05, 3.63) is 170 Å². The second-order valence-electron chi connectivity index (χ2n) is 12.9. The first-order chi connectivity index (χ1) is 24.8. The number of rotatable bonds is 4. The average molecular weight is 673 g/mol. The summed E-state index contributed by atoms with van der Waals surface area (Å²) in [5.41, 5.74) is 7.04. The number of anilines is 3. The van der Waals surface area contributed by atoms with Gasteiger partial charge in [-0.1, -0.05) is 97.1 Å². The van der Waals surface area contributed by atoms with Gasteiger partial charge in [0.1, 0.15) is 0 Å². The summed E-state index contributed by atoms with van der Waals surface area (Å²) < 4.78 is 7.68. The maximum atomic E-state index is 2.44. The molecule has 3 heterocycles. The Bertz CT molecular complexity index is 3110. The number of aromatic nitrogens is 1. The fourth-order valence-corrected chi connectivity index (χ4v) is 10.1. The van der Waals surface area contributed by atoms with Crippen molar-refractivity contribution in [3.8, 4) is 5.69 Å². The van der Waals surface area contributed by atoms with Gasteiger partial charge in [-0.25, -0.2) is 0 Å². The molecule has 0 N–H and O–H groups in total. The molecule has 11 aromatic rings. The number of benzene rings is 8. The number of nitrogens with zero attached hydrogens (tertiary/aromatic N) is 2. The molecule has 4 heteroatoms. The summed E-state index contributed by atoms with van der Waals surface area (Å²) in [6.07, 6.45) is 0. The Morgan fingerprint density at radius 3 is 1.74 bits per heavy atom. The molecule has 234 valence electrons. The van der Waals surface area contributed by atoms with E-state index < -0.39 is 0 Å². The summed E-state index contributed by atoms with van der Waals surface area (Å²) in [6, 6.07) is 62.5. The first-order valence-corrected chi connectivity index (χ1v) is 18.6. The van der Waals surface area contributed by atoms with Gasteiger partial charge in [0.05, 0.1) is 11.0 Å². The van der Waals surface area contributed by atoms with Crippen molar-refractivity contribution in [2.75, 3.05) is 4.90 Å². The third-order valence-electron chi connectivity index (χ3n) is 10.2. The molecule has 0 saturated carbocycles. The van der Waals surface area contributed by atoms with Crippen LogP contribution in [0.2, 0.25) is 0 Å². The van der Waals surface area contributed by atoms with Crippen LogP contribution in [0.5, 0.6) is 0 Å². The predicted molar refractivity (Wildman–Crippen MR) is 219 cm³/mol. The third kappa shape index (κ3) is 4.13. The first kappa shape index (κ1) is 28.0. The Morgan fingerprint density at radius 1 is 0.360 bits per heavy atom. The van der Waals surface area contributed by atoms with Crippen LogP contribution in [0.4, 0.5) is 17.1 Å². The van der Waals surface area contributed by atoms with Crippen molar-refractivity contribution in [2.45, 2.75) is 0 Å². The minimum atomic E-state index is 1.12. The van der Waals surface area contributed by atoms with Crippen LogP contribution in [0.25, 0.3) is 78.6 Å². The molecule has 0 unspecified atom stereocenters. The van der Waals surface area contributed by atoms with Gasteiger partial charge in [0.15, 0.2) is 0 Å². The predicted octanol–water partition coefficient (Wildman–Crippen LogP) is 14.1. The molecule has 0 aliphatic rings. The Kier molecular flexibility index (Phi) is 6.03. The number of thiophene rings is 2. The van der Waals surface area contributed by atoms with Gasteiger partial charge in [-0.15, -0.1) is 22.7 Å². The lowest BCUT2D eigenvalue weighted by molar-refractivity contribution is 1.18. The smallest absolute Gasteiger partial charge is 0.0619 e. The van der Waals surface area contributed by atoms with Gasteiger partial charge in [-0.2, -0.15) is 0 Å². The molecular weight excluding hydrogens is 645 g/mol. The second kappa shape index (κ2) is 10.8. The van der Waals surface area contributed by atoms with E-state index in [9.17, 15) is 0 Å². The van der Waals surface area contributed by atoms with E-state index in [1.165, 1.54) is 72.9 Å². The van der Waals surface area contributed by atoms with Crippen molar-refractivity contribution in [3.63, 3.8) is 0 Å². The SMILES string of the molecule is c1ccc2c(c1)ccc1c3ccccc3n(-c3ccc(N(c4ccc5c(c4)sc4ccccc45)c4ccc5sc6ccccc6c5c4)cc3)c21. The van der Waals surface area contributed by atoms with Gasteiger partial charge in [0, 0.05) is 79.3 Å². The third-order valence-corrected chi connectivity index (χ3v) is 12.4. The molecular formula is C46H28N2S2. The zero-order chi connectivity index (χ0) is 32.8. The van der Waals surface area contributed by atoms with E-state index in [4.69, 9.17) is 0 Å². The molecule has 0 aliphatic heterocycles. The Balaban J connectivity index is 1.12. The van der Waals surface area contributed by atoms with Gasteiger partial charge >= 0.3 is 0 Å². The van der Waals surface area contributed by atoms with Crippen molar-refractivity contribution >= 4 is 113 Å². The number of fused-ring (bicyclic) bond motifs is 11. The summed E-state index contributed by atoms with van der Waals surface area (Å²) >= 11 is 3.73. The lowest BCUT2D eigenvalue weighted by Gasteiger charge is -2.26. The standard InChI is InChI=1S/C46H28N2S2/c1-2-10-34-29(9-1)17-24-39-35-11-3-6-14-41(35)48(46(34)39)31-20-18-30(19-21-31)47(32-23-26-44-40(27-32)37-13-5-8-16-43(37)49-44)33-22-25-38-36-12-4-7-15-42(36)50-45(38)28-33/h1-28H. The van der Waals surface area contributed by atoms with Crippen molar-refractivity contribution in [2.24, 2.45) is 0 Å². The van der Waals surface area contributed by atoms with E-state index in [0.29, 0.717) is 0 Å². The maximum absolute atomic E-state index is 2.44. The van der Waals surface area contributed by atoms with Crippen LogP contribution >= 0.6 is 22.7 Å². The molecule has 0 bridgehead atoms. The topological polar surface area (TPSA) is 8.17 Å². The monoisotopic (exact) mass is 672 g/mol. The maximum Gasteiger partial charge on any atom is 0.0619 e. The van der Waals surface area contributed by atoms with Crippen LogP contribution in [-0.4, -0.2) is 4.57 Å². The lowest BCUT2D eigenvalue weighted by Crippen LogP contribution is -2.10. The Hall–Kier alpha value is -5.94. The van der Waals surface area contributed by atoms with Gasteiger partial charge < -0.3 is 9.47 Å². The molecule has 0 aliphatic carbocycles. The molecule has 8 aromatic carbocycles. The molecule has 3 aromatic heterocycles. The van der Waals surface area contributed by atoms with Crippen molar-refractivity contribution in [1.29, 1.82) is 0 Å². The molecule has 0 fully saturated rings.